The molecule has 0 aliphatic carbocycles. The Morgan fingerprint density at radius 3 is 2.33 bits per heavy atom. The quantitative estimate of drug-likeness (QED) is 0.490. The van der Waals surface area contributed by atoms with Crippen molar-refractivity contribution in [1.82, 2.24) is 0 Å². The summed E-state index contributed by atoms with van der Waals surface area (Å²) in [5, 5.41) is 8.78. The van der Waals surface area contributed by atoms with E-state index in [1.165, 1.54) is 0 Å². The van der Waals surface area contributed by atoms with E-state index >= 15 is 0 Å². The molecule has 0 saturated carbocycles. The van der Waals surface area contributed by atoms with Gasteiger partial charge < -0.3 is 9.84 Å². The molecule has 9 heavy (non-hydrogen) atoms. The normalized spacial score (nSPS) is 18.8. The lowest BCUT2D eigenvalue weighted by atomic mass is 10.2. The molecule has 0 unspecified atom stereocenters. The predicted octanol–water partition coefficient (Wildman–Crippen LogP) is 0.889. The number of hydrogen-bond donors (Lipinski definition) is 1. The third-order valence-corrected chi connectivity index (χ3v) is 1.18. The van der Waals surface area contributed by atoms with Gasteiger partial charge in [-0.3, -0.25) is 0 Å². The summed E-state index contributed by atoms with van der Waals surface area (Å²) < 4.78 is 4.43. The highest BCUT2D eigenvalue weighted by atomic mass is 16.6. The van der Waals surface area contributed by atoms with Crippen LogP contribution in [0, 0.1) is 0 Å². The number of cyclic esters (lactones) is 1. The van der Waals surface area contributed by atoms with Crippen LogP contribution in [-0.2, 0) is 9.53 Å². The summed E-state index contributed by atoms with van der Waals surface area (Å²) in [5.41, 5.74) is 0.417. The van der Waals surface area contributed by atoms with E-state index in [1.807, 2.05) is 0 Å². The van der Waals surface area contributed by atoms with Crippen molar-refractivity contribution in [1.29, 1.82) is 0 Å². The van der Waals surface area contributed by atoms with Gasteiger partial charge >= 0.3 is 5.97 Å². The molecule has 0 aromatic heterocycles. The summed E-state index contributed by atoms with van der Waals surface area (Å²) in [4.78, 5) is 10.4. The third-order valence-electron chi connectivity index (χ3n) is 1.18. The van der Waals surface area contributed by atoms with Crippen LogP contribution in [0.25, 0.3) is 0 Å². The first-order valence-corrected chi connectivity index (χ1v) is 2.44. The molecule has 1 N–H and O–H groups in total. The molecule has 1 aliphatic heterocycles. The van der Waals surface area contributed by atoms with Crippen molar-refractivity contribution in [2.75, 3.05) is 0 Å². The number of hydrogen-bond acceptors (Lipinski definition) is 3. The summed E-state index contributed by atoms with van der Waals surface area (Å²) >= 11 is 0. The molecule has 0 aromatic carbocycles. The van der Waals surface area contributed by atoms with E-state index in [0.29, 0.717) is 5.57 Å². The smallest absolute Gasteiger partial charge is 0.379 e. The SMILES string of the molecule is C=C1OC(=O)C(O)=C1C. The standard InChI is InChI=1S/C6H6O3/c1-3-4(2)9-6(8)5(3)7/h7H,2H2,1H3. The van der Waals surface area contributed by atoms with E-state index in [-0.39, 0.29) is 11.5 Å². The first-order chi connectivity index (χ1) is 4.13. The van der Waals surface area contributed by atoms with Crippen LogP contribution in [0.2, 0.25) is 0 Å². The molecule has 0 saturated heterocycles. The summed E-state index contributed by atoms with van der Waals surface area (Å²) in [5.74, 6) is -0.810. The molecule has 1 rings (SSSR count). The van der Waals surface area contributed by atoms with Crippen molar-refractivity contribution < 1.29 is 14.6 Å². The largest absolute Gasteiger partial charge is 0.502 e. The maximum atomic E-state index is 10.4. The maximum absolute atomic E-state index is 10.4. The van der Waals surface area contributed by atoms with E-state index in [0.717, 1.165) is 0 Å². The lowest BCUT2D eigenvalue weighted by Gasteiger charge is -1.89. The van der Waals surface area contributed by atoms with Crippen LogP contribution in [0.1, 0.15) is 6.92 Å². The van der Waals surface area contributed by atoms with Gasteiger partial charge in [0.25, 0.3) is 0 Å². The number of aliphatic hydroxyl groups is 1. The Bertz CT molecular complexity index is 190. The minimum atomic E-state index is -0.711. The molecular weight excluding hydrogens is 120 g/mol. The molecule has 0 spiro atoms. The molecule has 3 heteroatoms. The number of carbonyl (C=O) groups excluding carboxylic acids is 1. The molecule has 1 aliphatic rings. The van der Waals surface area contributed by atoms with Crippen molar-refractivity contribution in [3.63, 3.8) is 0 Å². The summed E-state index contributed by atoms with van der Waals surface area (Å²) in [6.45, 7) is 4.95. The molecule has 0 atom stereocenters. The van der Waals surface area contributed by atoms with Crippen LogP contribution in [-0.4, -0.2) is 11.1 Å². The fraction of sp³-hybridized carbons (Fsp3) is 0.167. The van der Waals surface area contributed by atoms with E-state index in [9.17, 15) is 4.79 Å². The Kier molecular flexibility index (Phi) is 1.06. The molecular formula is C6H6O3. The first-order valence-electron chi connectivity index (χ1n) is 2.44. The van der Waals surface area contributed by atoms with Gasteiger partial charge in [0.15, 0.2) is 0 Å². The Hall–Kier alpha value is -1.25. The second-order valence-electron chi connectivity index (χ2n) is 1.79. The zero-order valence-electron chi connectivity index (χ0n) is 4.97. The topological polar surface area (TPSA) is 46.5 Å². The van der Waals surface area contributed by atoms with Gasteiger partial charge in [-0.2, -0.15) is 0 Å². The average molecular weight is 126 g/mol. The number of ether oxygens (including phenoxy) is 1. The van der Waals surface area contributed by atoms with Gasteiger partial charge in [-0.25, -0.2) is 4.79 Å². The Balaban J connectivity index is 3.06. The third kappa shape index (κ3) is 0.700. The molecule has 48 valence electrons. The van der Waals surface area contributed by atoms with E-state index < -0.39 is 5.97 Å². The molecule has 0 bridgehead atoms. The van der Waals surface area contributed by atoms with Crippen LogP contribution in [0.5, 0.6) is 0 Å². The van der Waals surface area contributed by atoms with E-state index in [1.54, 1.807) is 6.92 Å². The van der Waals surface area contributed by atoms with Crippen LogP contribution < -0.4 is 0 Å². The Morgan fingerprint density at radius 1 is 1.67 bits per heavy atom. The first kappa shape index (κ1) is 5.88. The van der Waals surface area contributed by atoms with Crippen LogP contribution in [0.4, 0.5) is 0 Å². The fourth-order valence-electron chi connectivity index (χ4n) is 0.522. The van der Waals surface area contributed by atoms with Crippen molar-refractivity contribution in [3.8, 4) is 0 Å². The molecule has 0 aromatic rings. The van der Waals surface area contributed by atoms with Gasteiger partial charge in [-0.15, -0.1) is 0 Å². The van der Waals surface area contributed by atoms with E-state index in [2.05, 4.69) is 11.3 Å². The number of rotatable bonds is 0. The summed E-state index contributed by atoms with van der Waals surface area (Å²) in [6.07, 6.45) is 0. The van der Waals surface area contributed by atoms with Gasteiger partial charge in [-0.05, 0) is 6.92 Å². The van der Waals surface area contributed by atoms with Crippen LogP contribution >= 0.6 is 0 Å². The van der Waals surface area contributed by atoms with Gasteiger partial charge in [0.05, 0.1) is 0 Å². The Morgan fingerprint density at radius 2 is 2.22 bits per heavy atom. The van der Waals surface area contributed by atoms with Gasteiger partial charge in [0.2, 0.25) is 5.76 Å². The molecule has 0 amide bonds. The number of carbonyl (C=O) groups is 1. The fourth-order valence-corrected chi connectivity index (χ4v) is 0.522. The van der Waals surface area contributed by atoms with E-state index in [4.69, 9.17) is 5.11 Å². The summed E-state index contributed by atoms with van der Waals surface area (Å²) in [7, 11) is 0. The highest BCUT2D eigenvalue weighted by Crippen LogP contribution is 2.21. The Labute approximate surface area is 52.2 Å². The molecule has 1 heterocycles. The second kappa shape index (κ2) is 1.62. The molecule has 0 fully saturated rings. The lowest BCUT2D eigenvalue weighted by Crippen LogP contribution is -1.96. The van der Waals surface area contributed by atoms with Crippen LogP contribution in [0.15, 0.2) is 23.7 Å². The average Bonchev–Trinajstić information content (AvgIpc) is 1.98. The minimum absolute atomic E-state index is 0.234. The highest BCUT2D eigenvalue weighted by molar-refractivity contribution is 5.91. The molecule has 0 radical (unpaired) electrons. The van der Waals surface area contributed by atoms with Crippen molar-refractivity contribution >= 4 is 5.97 Å². The summed E-state index contributed by atoms with van der Waals surface area (Å²) in [6, 6.07) is 0. The number of aliphatic hydroxyl groups excluding tert-OH is 1. The van der Waals surface area contributed by atoms with Crippen molar-refractivity contribution in [2.24, 2.45) is 0 Å². The second-order valence-corrected chi connectivity index (χ2v) is 1.79. The predicted molar refractivity (Wildman–Crippen MR) is 30.6 cm³/mol. The molecule has 3 nitrogen and oxygen atoms in total. The lowest BCUT2D eigenvalue weighted by molar-refractivity contribution is -0.135. The zero-order chi connectivity index (χ0) is 7.02. The van der Waals surface area contributed by atoms with Crippen molar-refractivity contribution in [3.05, 3.63) is 23.7 Å². The van der Waals surface area contributed by atoms with Crippen molar-refractivity contribution in [2.45, 2.75) is 6.92 Å². The highest BCUT2D eigenvalue weighted by Gasteiger charge is 2.24. The maximum Gasteiger partial charge on any atom is 0.379 e. The van der Waals surface area contributed by atoms with Crippen LogP contribution in [0.3, 0.4) is 0 Å². The number of esters is 1. The zero-order valence-corrected chi connectivity index (χ0v) is 4.97. The van der Waals surface area contributed by atoms with Gasteiger partial charge in [-0.1, -0.05) is 6.58 Å². The minimum Gasteiger partial charge on any atom is -0.502 e. The number of allylic oxidation sites excluding steroid dienone is 1. The van der Waals surface area contributed by atoms with Gasteiger partial charge in [0.1, 0.15) is 5.76 Å². The van der Waals surface area contributed by atoms with Gasteiger partial charge in [0, 0.05) is 5.57 Å². The monoisotopic (exact) mass is 126 g/mol.